The molecule has 0 aromatic heterocycles. The lowest BCUT2D eigenvalue weighted by atomic mass is 9.99. The molecule has 2 aliphatic rings. The van der Waals surface area contributed by atoms with Gasteiger partial charge in [-0.1, -0.05) is 31.2 Å². The highest BCUT2D eigenvalue weighted by molar-refractivity contribution is 6.05. The molecule has 30 heavy (non-hydrogen) atoms. The molecule has 0 radical (unpaired) electrons. The molecule has 2 N–H and O–H groups in total. The molecule has 160 valence electrons. The monoisotopic (exact) mass is 428 g/mol. The molecule has 1 fully saturated rings. The normalized spacial score (nSPS) is 20.8. The van der Waals surface area contributed by atoms with E-state index in [2.05, 4.69) is 41.8 Å². The van der Waals surface area contributed by atoms with Gasteiger partial charge in [-0.2, -0.15) is 0 Å². The lowest BCUT2D eigenvalue weighted by Gasteiger charge is -2.37. The summed E-state index contributed by atoms with van der Waals surface area (Å²) >= 11 is 0. The van der Waals surface area contributed by atoms with Crippen LogP contribution < -0.4 is 15.5 Å². The lowest BCUT2D eigenvalue weighted by Crippen LogP contribution is -2.48. The molecule has 4 rings (SSSR count). The minimum absolute atomic E-state index is 0. The van der Waals surface area contributed by atoms with Gasteiger partial charge in [-0.25, -0.2) is 0 Å². The zero-order valence-electron chi connectivity index (χ0n) is 17.6. The molecule has 2 unspecified atom stereocenters. The molecular weight excluding hydrogens is 400 g/mol. The quantitative estimate of drug-likeness (QED) is 0.787. The molecule has 1 saturated heterocycles. The molecule has 2 aromatic rings. The van der Waals surface area contributed by atoms with Crippen LogP contribution in [0.4, 0.5) is 11.4 Å². The maximum absolute atomic E-state index is 13.4. The summed E-state index contributed by atoms with van der Waals surface area (Å²) in [5, 5.41) is 6.34. The summed E-state index contributed by atoms with van der Waals surface area (Å²) in [6.07, 6.45) is 1.000. The Kier molecular flexibility index (Phi) is 6.68. The first kappa shape index (κ1) is 22.1. The second-order valence-electron chi connectivity index (χ2n) is 7.82. The van der Waals surface area contributed by atoms with Crippen LogP contribution in [-0.2, 0) is 11.2 Å². The minimum Gasteiger partial charge on any atom is -0.361 e. The summed E-state index contributed by atoms with van der Waals surface area (Å²) in [4.78, 5) is 29.5. The number of carbonyl (C=O) groups is 2. The molecule has 0 saturated carbocycles. The van der Waals surface area contributed by atoms with E-state index in [-0.39, 0.29) is 36.3 Å². The van der Waals surface area contributed by atoms with E-state index in [1.807, 2.05) is 35.9 Å². The fraction of sp³-hybridized carbons (Fsp3) is 0.391. The van der Waals surface area contributed by atoms with E-state index in [1.165, 1.54) is 5.56 Å². The first-order chi connectivity index (χ1) is 14.0. The number of nitrogens with one attached hydrogen (secondary N) is 2. The lowest BCUT2D eigenvalue weighted by molar-refractivity contribution is -0.117. The van der Waals surface area contributed by atoms with Gasteiger partial charge < -0.3 is 20.4 Å². The van der Waals surface area contributed by atoms with Crippen LogP contribution >= 0.6 is 12.4 Å². The van der Waals surface area contributed by atoms with Crippen molar-refractivity contribution in [2.24, 2.45) is 0 Å². The Morgan fingerprint density at radius 3 is 2.60 bits per heavy atom. The number of likely N-dealkylation sites (N-methyl/N-ethyl adjacent to an activating group) is 1. The van der Waals surface area contributed by atoms with Crippen LogP contribution in [0.1, 0.15) is 41.4 Å². The highest BCUT2D eigenvalue weighted by atomic mass is 35.5. The second kappa shape index (κ2) is 9.06. The maximum atomic E-state index is 13.4. The summed E-state index contributed by atoms with van der Waals surface area (Å²) in [6.45, 7) is 6.17. The van der Waals surface area contributed by atoms with Gasteiger partial charge in [0.25, 0.3) is 5.91 Å². The number of anilines is 2. The topological polar surface area (TPSA) is 64.7 Å². The van der Waals surface area contributed by atoms with Crippen LogP contribution in [0.25, 0.3) is 0 Å². The van der Waals surface area contributed by atoms with Gasteiger partial charge in [-0.05, 0) is 42.7 Å². The average Bonchev–Trinajstić information content (AvgIpc) is 2.77. The fourth-order valence-corrected chi connectivity index (χ4v) is 4.08. The van der Waals surface area contributed by atoms with Crippen LogP contribution in [0, 0.1) is 0 Å². The number of fused-ring (bicyclic) bond motifs is 1. The molecule has 2 amide bonds. The summed E-state index contributed by atoms with van der Waals surface area (Å²) in [5.74, 6) is -0.0601. The van der Waals surface area contributed by atoms with E-state index in [0.717, 1.165) is 30.8 Å². The third-order valence-electron chi connectivity index (χ3n) is 6.12. The molecule has 2 atom stereocenters. The van der Waals surface area contributed by atoms with Gasteiger partial charge in [-0.15, -0.1) is 12.4 Å². The number of amides is 2. The van der Waals surface area contributed by atoms with Gasteiger partial charge in [0.15, 0.2) is 0 Å². The molecule has 7 heteroatoms. The van der Waals surface area contributed by atoms with E-state index in [9.17, 15) is 9.59 Å². The number of hydrogen-bond acceptors (Lipinski definition) is 4. The number of hydrogen-bond donors (Lipinski definition) is 2. The largest absolute Gasteiger partial charge is 0.361 e. The first-order valence-corrected chi connectivity index (χ1v) is 10.3. The van der Waals surface area contributed by atoms with Crippen LogP contribution in [0.5, 0.6) is 0 Å². The van der Waals surface area contributed by atoms with Gasteiger partial charge in [0.05, 0.1) is 17.4 Å². The summed E-state index contributed by atoms with van der Waals surface area (Å²) in [5.41, 5.74) is 4.66. The van der Waals surface area contributed by atoms with E-state index in [4.69, 9.17) is 0 Å². The molecule has 2 heterocycles. The van der Waals surface area contributed by atoms with Gasteiger partial charge in [0.2, 0.25) is 5.91 Å². The smallest absolute Gasteiger partial charge is 0.254 e. The third kappa shape index (κ3) is 4.02. The predicted octanol–water partition coefficient (Wildman–Crippen LogP) is 3.23. The van der Waals surface area contributed by atoms with Crippen molar-refractivity contribution in [3.63, 3.8) is 0 Å². The second-order valence-corrected chi connectivity index (χ2v) is 7.82. The summed E-state index contributed by atoms with van der Waals surface area (Å²) in [7, 11) is 1.90. The average molecular weight is 429 g/mol. The van der Waals surface area contributed by atoms with Crippen molar-refractivity contribution >= 4 is 35.6 Å². The van der Waals surface area contributed by atoms with E-state index in [0.29, 0.717) is 17.8 Å². The number of halogens is 1. The van der Waals surface area contributed by atoms with E-state index < -0.39 is 0 Å². The Bertz CT molecular complexity index is 931. The van der Waals surface area contributed by atoms with Crippen molar-refractivity contribution in [1.82, 2.24) is 10.2 Å². The summed E-state index contributed by atoms with van der Waals surface area (Å²) < 4.78 is 0. The summed E-state index contributed by atoms with van der Waals surface area (Å²) in [6, 6.07) is 13.9. The van der Waals surface area contributed by atoms with Crippen LogP contribution in [-0.4, -0.2) is 49.4 Å². The molecular formula is C23H29ClN4O2. The number of piperazine rings is 1. The SMILES string of the molecule is CCc1ccc(C2CNCCN2C(=O)c2ccc3c(c2)NC(=O)C(C)N3C)cc1.Cl. The molecule has 0 spiro atoms. The van der Waals surface area contributed by atoms with Gasteiger partial charge in [0.1, 0.15) is 6.04 Å². The van der Waals surface area contributed by atoms with Gasteiger partial charge >= 0.3 is 0 Å². The van der Waals surface area contributed by atoms with Crippen molar-refractivity contribution < 1.29 is 9.59 Å². The zero-order valence-corrected chi connectivity index (χ0v) is 18.5. The molecule has 0 bridgehead atoms. The van der Waals surface area contributed by atoms with Crippen LogP contribution in [0.2, 0.25) is 0 Å². The van der Waals surface area contributed by atoms with Crippen molar-refractivity contribution in [1.29, 1.82) is 0 Å². The first-order valence-electron chi connectivity index (χ1n) is 10.3. The number of aryl methyl sites for hydroxylation is 1. The predicted molar refractivity (Wildman–Crippen MR) is 123 cm³/mol. The number of benzene rings is 2. The third-order valence-corrected chi connectivity index (χ3v) is 6.12. The van der Waals surface area contributed by atoms with Crippen molar-refractivity contribution in [2.75, 3.05) is 36.9 Å². The molecule has 2 aliphatic heterocycles. The Labute approximate surface area is 184 Å². The maximum Gasteiger partial charge on any atom is 0.254 e. The highest BCUT2D eigenvalue weighted by Gasteiger charge is 2.31. The van der Waals surface area contributed by atoms with Gasteiger partial charge in [0, 0.05) is 32.2 Å². The number of carbonyl (C=O) groups excluding carboxylic acids is 2. The molecule has 6 nitrogen and oxygen atoms in total. The van der Waals surface area contributed by atoms with Crippen LogP contribution in [0.3, 0.4) is 0 Å². The Morgan fingerprint density at radius 1 is 1.17 bits per heavy atom. The van der Waals surface area contributed by atoms with E-state index in [1.54, 1.807) is 6.07 Å². The Morgan fingerprint density at radius 2 is 1.90 bits per heavy atom. The Hall–Kier alpha value is -2.57. The minimum atomic E-state index is -0.229. The van der Waals surface area contributed by atoms with E-state index >= 15 is 0 Å². The van der Waals surface area contributed by atoms with Crippen molar-refractivity contribution in [3.05, 3.63) is 59.2 Å². The van der Waals surface area contributed by atoms with Crippen LogP contribution in [0.15, 0.2) is 42.5 Å². The number of rotatable bonds is 3. The van der Waals surface area contributed by atoms with Crippen molar-refractivity contribution in [3.8, 4) is 0 Å². The highest BCUT2D eigenvalue weighted by Crippen LogP contribution is 2.33. The molecule has 0 aliphatic carbocycles. The standard InChI is InChI=1S/C23H28N4O2.ClH/c1-4-16-5-7-17(8-6-16)21-14-24-11-12-27(21)23(29)18-9-10-20-19(13-18)25-22(28)15(2)26(20)3;/h5-10,13,15,21,24H,4,11-12,14H2,1-3H3,(H,25,28);1H. The van der Waals surface area contributed by atoms with Gasteiger partial charge in [-0.3, -0.25) is 9.59 Å². The Balaban J connectivity index is 0.00000256. The van der Waals surface area contributed by atoms with Crippen molar-refractivity contribution in [2.45, 2.75) is 32.4 Å². The molecule has 2 aromatic carbocycles. The fourth-order valence-electron chi connectivity index (χ4n) is 4.08. The zero-order chi connectivity index (χ0) is 20.5. The number of nitrogens with zero attached hydrogens (tertiary/aromatic N) is 2.